The summed E-state index contributed by atoms with van der Waals surface area (Å²) in [5.41, 5.74) is 2.16. The maximum absolute atomic E-state index is 13.0. The second-order valence-corrected chi connectivity index (χ2v) is 7.24. The summed E-state index contributed by atoms with van der Waals surface area (Å²) < 4.78 is 1.59. The van der Waals surface area contributed by atoms with Crippen LogP contribution >= 0.6 is 11.6 Å². The van der Waals surface area contributed by atoms with E-state index in [9.17, 15) is 9.59 Å². The summed E-state index contributed by atoms with van der Waals surface area (Å²) >= 11 is 5.92. The monoisotopic (exact) mass is 424 g/mol. The number of benzene rings is 2. The first-order valence-corrected chi connectivity index (χ1v) is 10.4. The number of hydrogen-bond acceptors (Lipinski definition) is 3. The van der Waals surface area contributed by atoms with E-state index >= 15 is 0 Å². The van der Waals surface area contributed by atoms with Crippen molar-refractivity contribution in [1.29, 1.82) is 0 Å². The number of halogens is 1. The minimum absolute atomic E-state index is 0.157. The van der Waals surface area contributed by atoms with Gasteiger partial charge in [-0.2, -0.15) is 5.10 Å². The van der Waals surface area contributed by atoms with Gasteiger partial charge in [-0.15, -0.1) is 0 Å². The van der Waals surface area contributed by atoms with Crippen LogP contribution in [0.3, 0.4) is 0 Å². The Hall–Kier alpha value is -3.12. The minimum Gasteiger partial charge on any atom is -0.339 e. The summed E-state index contributed by atoms with van der Waals surface area (Å²) in [5.74, 6) is 0.0469. The van der Waals surface area contributed by atoms with Gasteiger partial charge in [-0.1, -0.05) is 41.9 Å². The van der Waals surface area contributed by atoms with E-state index in [2.05, 4.69) is 10.4 Å². The van der Waals surface area contributed by atoms with E-state index in [1.165, 1.54) is 6.20 Å². The number of rotatable bonds is 8. The highest BCUT2D eigenvalue weighted by atomic mass is 35.5. The van der Waals surface area contributed by atoms with E-state index in [1.807, 2.05) is 56.3 Å². The van der Waals surface area contributed by atoms with Gasteiger partial charge in [-0.3, -0.25) is 9.59 Å². The number of hydrogen-bond donors (Lipinski definition) is 1. The molecule has 156 valence electrons. The van der Waals surface area contributed by atoms with E-state index in [0.717, 1.165) is 11.3 Å². The molecule has 30 heavy (non-hydrogen) atoms. The third kappa shape index (κ3) is 5.07. The zero-order valence-electron chi connectivity index (χ0n) is 17.1. The fourth-order valence-corrected chi connectivity index (χ4v) is 3.30. The van der Waals surface area contributed by atoms with Gasteiger partial charge in [0.05, 0.1) is 11.9 Å². The summed E-state index contributed by atoms with van der Waals surface area (Å²) in [6.07, 6.45) is 2.37. The molecule has 0 aliphatic rings. The Bertz CT molecular complexity index is 996. The lowest BCUT2D eigenvalue weighted by Gasteiger charge is -2.19. The molecule has 0 bridgehead atoms. The van der Waals surface area contributed by atoms with E-state index in [-0.39, 0.29) is 18.2 Å². The molecule has 2 aromatic carbocycles. The Morgan fingerprint density at radius 3 is 2.33 bits per heavy atom. The van der Waals surface area contributed by atoms with Gasteiger partial charge in [0.1, 0.15) is 11.4 Å². The highest BCUT2D eigenvalue weighted by Gasteiger charge is 2.23. The quantitative estimate of drug-likeness (QED) is 0.575. The highest BCUT2D eigenvalue weighted by Crippen LogP contribution is 2.22. The number of amides is 2. The SMILES string of the molecule is CCN(CC)C(=O)c1cnn(-c2ccccc2)c1NC(=O)CCc1ccc(Cl)cc1. The summed E-state index contributed by atoms with van der Waals surface area (Å²) in [6, 6.07) is 16.8. The third-order valence-electron chi connectivity index (χ3n) is 4.86. The lowest BCUT2D eigenvalue weighted by Crippen LogP contribution is -2.31. The van der Waals surface area contributed by atoms with Crippen molar-refractivity contribution >= 4 is 29.2 Å². The number of nitrogens with one attached hydrogen (secondary N) is 1. The van der Waals surface area contributed by atoms with E-state index in [0.29, 0.717) is 35.9 Å². The van der Waals surface area contributed by atoms with Gasteiger partial charge >= 0.3 is 0 Å². The summed E-state index contributed by atoms with van der Waals surface area (Å²) in [5, 5.41) is 7.95. The van der Waals surface area contributed by atoms with Crippen molar-refractivity contribution in [3.8, 4) is 5.69 Å². The van der Waals surface area contributed by atoms with Gasteiger partial charge in [0, 0.05) is 24.5 Å². The van der Waals surface area contributed by atoms with Crippen LogP contribution in [0.4, 0.5) is 5.82 Å². The normalized spacial score (nSPS) is 10.6. The van der Waals surface area contributed by atoms with Gasteiger partial charge in [-0.05, 0) is 50.1 Å². The average Bonchev–Trinajstić information content (AvgIpc) is 3.18. The predicted molar refractivity (Wildman–Crippen MR) is 119 cm³/mol. The number of para-hydroxylation sites is 1. The molecule has 3 aromatic rings. The molecule has 0 fully saturated rings. The first-order chi connectivity index (χ1) is 14.5. The molecule has 0 aliphatic heterocycles. The zero-order valence-corrected chi connectivity index (χ0v) is 17.9. The van der Waals surface area contributed by atoms with Crippen molar-refractivity contribution < 1.29 is 9.59 Å². The Morgan fingerprint density at radius 1 is 1.03 bits per heavy atom. The minimum atomic E-state index is -0.184. The number of aromatic nitrogens is 2. The molecule has 7 heteroatoms. The first kappa shape index (κ1) is 21.6. The molecular weight excluding hydrogens is 400 g/mol. The number of nitrogens with zero attached hydrogens (tertiary/aromatic N) is 3. The summed E-state index contributed by atoms with van der Waals surface area (Å²) in [4.78, 5) is 27.4. The van der Waals surface area contributed by atoms with Crippen molar-refractivity contribution in [2.45, 2.75) is 26.7 Å². The van der Waals surface area contributed by atoms with Gasteiger partial charge in [0.25, 0.3) is 5.91 Å². The highest BCUT2D eigenvalue weighted by molar-refractivity contribution is 6.30. The Balaban J connectivity index is 1.84. The maximum Gasteiger partial charge on any atom is 0.259 e. The number of aryl methyl sites for hydroxylation is 1. The molecule has 0 unspecified atom stereocenters. The van der Waals surface area contributed by atoms with E-state index < -0.39 is 0 Å². The lowest BCUT2D eigenvalue weighted by molar-refractivity contribution is -0.116. The van der Waals surface area contributed by atoms with Crippen LogP contribution in [-0.2, 0) is 11.2 Å². The third-order valence-corrected chi connectivity index (χ3v) is 5.11. The molecule has 0 spiro atoms. The standard InChI is InChI=1S/C23H25ClN4O2/c1-3-27(4-2)23(30)20-16-25-28(19-8-6-5-7-9-19)22(20)26-21(29)15-12-17-10-13-18(24)14-11-17/h5-11,13-14,16H,3-4,12,15H2,1-2H3,(H,26,29). The molecule has 6 nitrogen and oxygen atoms in total. The van der Waals surface area contributed by atoms with E-state index in [1.54, 1.807) is 21.7 Å². The van der Waals surface area contributed by atoms with Crippen molar-refractivity contribution in [3.05, 3.63) is 76.9 Å². The lowest BCUT2D eigenvalue weighted by atomic mass is 10.1. The van der Waals surface area contributed by atoms with Gasteiger partial charge < -0.3 is 10.2 Å². The fourth-order valence-electron chi connectivity index (χ4n) is 3.17. The topological polar surface area (TPSA) is 67.2 Å². The van der Waals surface area contributed by atoms with E-state index in [4.69, 9.17) is 11.6 Å². The van der Waals surface area contributed by atoms with Crippen LogP contribution in [0, 0.1) is 0 Å². The molecule has 2 amide bonds. The smallest absolute Gasteiger partial charge is 0.259 e. The number of carbonyl (C=O) groups is 2. The van der Waals surface area contributed by atoms with Crippen molar-refractivity contribution in [2.24, 2.45) is 0 Å². The molecule has 1 heterocycles. The van der Waals surface area contributed by atoms with Crippen LogP contribution in [-0.4, -0.2) is 39.6 Å². The molecule has 1 aromatic heterocycles. The van der Waals surface area contributed by atoms with Crippen LogP contribution < -0.4 is 5.32 Å². The van der Waals surface area contributed by atoms with Crippen molar-refractivity contribution in [2.75, 3.05) is 18.4 Å². The van der Waals surface area contributed by atoms with Crippen LogP contribution in [0.2, 0.25) is 5.02 Å². The van der Waals surface area contributed by atoms with Crippen LogP contribution in [0.25, 0.3) is 5.69 Å². The van der Waals surface area contributed by atoms with Crippen molar-refractivity contribution in [3.63, 3.8) is 0 Å². The molecule has 1 N–H and O–H groups in total. The summed E-state index contributed by atoms with van der Waals surface area (Å²) in [6.45, 7) is 5.01. The Labute approximate surface area is 181 Å². The zero-order chi connectivity index (χ0) is 21.5. The van der Waals surface area contributed by atoms with Crippen molar-refractivity contribution in [1.82, 2.24) is 14.7 Å². The predicted octanol–water partition coefficient (Wildman–Crippen LogP) is 4.58. The summed E-state index contributed by atoms with van der Waals surface area (Å²) in [7, 11) is 0. The molecule has 3 rings (SSSR count). The van der Waals surface area contributed by atoms with Gasteiger partial charge in [0.2, 0.25) is 5.91 Å². The fraction of sp³-hybridized carbons (Fsp3) is 0.261. The van der Waals surface area contributed by atoms with Crippen LogP contribution in [0.15, 0.2) is 60.8 Å². The maximum atomic E-state index is 13.0. The molecule has 0 atom stereocenters. The average molecular weight is 425 g/mol. The first-order valence-electron chi connectivity index (χ1n) is 10.0. The van der Waals surface area contributed by atoms with Crippen LogP contribution in [0.5, 0.6) is 0 Å². The number of anilines is 1. The van der Waals surface area contributed by atoms with Gasteiger partial charge in [0.15, 0.2) is 0 Å². The van der Waals surface area contributed by atoms with Gasteiger partial charge in [-0.25, -0.2) is 4.68 Å². The number of carbonyl (C=O) groups excluding carboxylic acids is 2. The molecule has 0 radical (unpaired) electrons. The molecule has 0 aliphatic carbocycles. The largest absolute Gasteiger partial charge is 0.339 e. The molecular formula is C23H25ClN4O2. The Kier molecular flexibility index (Phi) is 7.25. The molecule has 0 saturated carbocycles. The van der Waals surface area contributed by atoms with Crippen LogP contribution in [0.1, 0.15) is 36.2 Å². The Morgan fingerprint density at radius 2 is 1.70 bits per heavy atom. The molecule has 0 saturated heterocycles. The second kappa shape index (κ2) is 10.1. The second-order valence-electron chi connectivity index (χ2n) is 6.81.